The van der Waals surface area contributed by atoms with Crippen molar-refractivity contribution in [2.24, 2.45) is 0 Å². The van der Waals surface area contributed by atoms with Crippen LogP contribution in [0.3, 0.4) is 0 Å². The predicted molar refractivity (Wildman–Crippen MR) is 85.5 cm³/mol. The molecule has 0 N–H and O–H groups in total. The van der Waals surface area contributed by atoms with Crippen LogP contribution >= 0.6 is 11.3 Å². The summed E-state index contributed by atoms with van der Waals surface area (Å²) >= 11 is 1.51. The van der Waals surface area contributed by atoms with E-state index in [0.717, 1.165) is 10.7 Å². The summed E-state index contributed by atoms with van der Waals surface area (Å²) < 4.78 is 0. The van der Waals surface area contributed by atoms with Crippen molar-refractivity contribution >= 4 is 29.0 Å². The molecule has 114 valence electrons. The monoisotopic (exact) mass is 317 g/mol. The van der Waals surface area contributed by atoms with Crippen molar-refractivity contribution in [3.05, 3.63) is 62.1 Å². The third kappa shape index (κ3) is 3.98. The van der Waals surface area contributed by atoms with Gasteiger partial charge in [-0.15, -0.1) is 11.3 Å². The van der Waals surface area contributed by atoms with Crippen LogP contribution in [0.15, 0.2) is 35.7 Å². The van der Waals surface area contributed by atoms with Gasteiger partial charge >= 0.3 is 0 Å². The van der Waals surface area contributed by atoms with Crippen LogP contribution in [0.1, 0.15) is 16.3 Å². The summed E-state index contributed by atoms with van der Waals surface area (Å²) in [5, 5.41) is 13.8. The number of thiazole rings is 1. The number of nitro groups is 1. The fraction of sp³-hybridized carbons (Fsp3) is 0.200. The number of para-hydroxylation sites is 1. The molecule has 0 bridgehead atoms. The number of aryl methyl sites for hydroxylation is 1. The van der Waals surface area contributed by atoms with Crippen molar-refractivity contribution in [3.63, 3.8) is 0 Å². The molecule has 1 aromatic heterocycles. The number of nitrogens with zero attached hydrogens (tertiary/aromatic N) is 3. The molecule has 0 fully saturated rings. The standard InChI is InChI=1S/C15H15N3O3S/c1-11-16-13(10-22-11)7-8-15(19)17(2)9-12-5-3-4-6-14(12)18(20)21/h3-8,10H,9H2,1-2H3. The number of hydrogen-bond donors (Lipinski definition) is 0. The van der Waals surface area contributed by atoms with Gasteiger partial charge in [0.25, 0.3) is 5.69 Å². The molecule has 0 saturated heterocycles. The Balaban J connectivity index is 2.06. The zero-order chi connectivity index (χ0) is 16.1. The first-order chi connectivity index (χ1) is 10.5. The second kappa shape index (κ2) is 6.95. The Morgan fingerprint density at radius 3 is 2.82 bits per heavy atom. The first kappa shape index (κ1) is 15.8. The molecule has 2 aromatic rings. The molecule has 1 aromatic carbocycles. The van der Waals surface area contributed by atoms with Crippen LogP contribution in [0, 0.1) is 17.0 Å². The lowest BCUT2D eigenvalue weighted by molar-refractivity contribution is -0.385. The third-order valence-electron chi connectivity index (χ3n) is 3.01. The van der Waals surface area contributed by atoms with Crippen LogP contribution in [0.2, 0.25) is 0 Å². The summed E-state index contributed by atoms with van der Waals surface area (Å²) in [6.45, 7) is 2.07. The van der Waals surface area contributed by atoms with E-state index in [1.807, 2.05) is 12.3 Å². The van der Waals surface area contributed by atoms with Gasteiger partial charge in [-0.3, -0.25) is 14.9 Å². The van der Waals surface area contributed by atoms with E-state index in [4.69, 9.17) is 0 Å². The molecule has 0 saturated carbocycles. The smallest absolute Gasteiger partial charge is 0.274 e. The van der Waals surface area contributed by atoms with E-state index in [-0.39, 0.29) is 18.1 Å². The summed E-state index contributed by atoms with van der Waals surface area (Å²) in [6, 6.07) is 6.40. The predicted octanol–water partition coefficient (Wildman–Crippen LogP) is 3.03. The topological polar surface area (TPSA) is 76.3 Å². The molecule has 0 atom stereocenters. The summed E-state index contributed by atoms with van der Waals surface area (Å²) in [6.07, 6.45) is 3.06. The van der Waals surface area contributed by atoms with Crippen LogP contribution in [0.4, 0.5) is 5.69 Å². The molecule has 0 unspecified atom stereocenters. The lowest BCUT2D eigenvalue weighted by Gasteiger charge is -2.15. The zero-order valence-corrected chi connectivity index (χ0v) is 13.0. The average Bonchev–Trinajstić information content (AvgIpc) is 2.90. The quantitative estimate of drug-likeness (QED) is 0.482. The van der Waals surface area contributed by atoms with Crippen molar-refractivity contribution in [2.75, 3.05) is 7.05 Å². The minimum absolute atomic E-state index is 0.0151. The Labute approximate surface area is 131 Å². The summed E-state index contributed by atoms with van der Waals surface area (Å²) in [5.74, 6) is -0.233. The van der Waals surface area contributed by atoms with Crippen LogP contribution in [0.25, 0.3) is 6.08 Å². The van der Waals surface area contributed by atoms with E-state index in [1.165, 1.54) is 28.4 Å². The Morgan fingerprint density at radius 1 is 1.45 bits per heavy atom. The van der Waals surface area contributed by atoms with Crippen molar-refractivity contribution in [2.45, 2.75) is 13.5 Å². The van der Waals surface area contributed by atoms with Gasteiger partial charge in [0, 0.05) is 30.1 Å². The largest absolute Gasteiger partial charge is 0.338 e. The van der Waals surface area contributed by atoms with Gasteiger partial charge in [0.15, 0.2) is 0 Å². The van der Waals surface area contributed by atoms with Gasteiger partial charge in [-0.25, -0.2) is 4.98 Å². The van der Waals surface area contributed by atoms with Gasteiger partial charge in [0.05, 0.1) is 22.2 Å². The highest BCUT2D eigenvalue weighted by molar-refractivity contribution is 7.09. The molecule has 1 amide bonds. The number of carbonyl (C=O) groups is 1. The van der Waals surface area contributed by atoms with Crippen molar-refractivity contribution in [3.8, 4) is 0 Å². The first-order valence-corrected chi connectivity index (χ1v) is 7.43. The molecule has 0 spiro atoms. The van der Waals surface area contributed by atoms with Crippen LogP contribution in [0.5, 0.6) is 0 Å². The maximum Gasteiger partial charge on any atom is 0.274 e. The highest BCUT2D eigenvalue weighted by Crippen LogP contribution is 2.19. The second-order valence-electron chi connectivity index (χ2n) is 4.70. The van der Waals surface area contributed by atoms with Crippen LogP contribution in [-0.2, 0) is 11.3 Å². The summed E-state index contributed by atoms with van der Waals surface area (Å²) in [5.41, 5.74) is 1.25. The van der Waals surface area contributed by atoms with Crippen molar-refractivity contribution < 1.29 is 9.72 Å². The lowest BCUT2D eigenvalue weighted by atomic mass is 10.1. The molecule has 0 aliphatic carbocycles. The van der Waals surface area contributed by atoms with E-state index in [1.54, 1.807) is 31.3 Å². The van der Waals surface area contributed by atoms with Gasteiger partial charge < -0.3 is 4.90 Å². The fourth-order valence-corrected chi connectivity index (χ4v) is 2.48. The lowest BCUT2D eigenvalue weighted by Crippen LogP contribution is -2.24. The van der Waals surface area contributed by atoms with Gasteiger partial charge in [0.1, 0.15) is 0 Å². The van der Waals surface area contributed by atoms with Gasteiger partial charge in [0.2, 0.25) is 5.91 Å². The summed E-state index contributed by atoms with van der Waals surface area (Å²) in [7, 11) is 1.61. The normalized spacial score (nSPS) is 10.8. The molecular formula is C15H15N3O3S. The van der Waals surface area contributed by atoms with E-state index >= 15 is 0 Å². The van der Waals surface area contributed by atoms with Crippen LogP contribution < -0.4 is 0 Å². The molecule has 2 rings (SSSR count). The minimum atomic E-state index is -0.443. The summed E-state index contributed by atoms with van der Waals surface area (Å²) in [4.78, 5) is 28.2. The zero-order valence-electron chi connectivity index (χ0n) is 12.2. The van der Waals surface area contributed by atoms with E-state index in [0.29, 0.717) is 5.56 Å². The highest BCUT2D eigenvalue weighted by atomic mass is 32.1. The number of rotatable bonds is 5. The fourth-order valence-electron chi connectivity index (χ4n) is 1.90. The number of nitro benzene ring substituents is 1. The van der Waals surface area contributed by atoms with Gasteiger partial charge in [-0.05, 0) is 13.0 Å². The number of aromatic nitrogens is 1. The maximum atomic E-state index is 12.1. The SMILES string of the molecule is Cc1nc(C=CC(=O)N(C)Cc2ccccc2[N+](=O)[O-])cs1. The molecule has 22 heavy (non-hydrogen) atoms. The number of benzene rings is 1. The molecular weight excluding hydrogens is 302 g/mol. The molecule has 6 nitrogen and oxygen atoms in total. The Bertz CT molecular complexity index is 724. The average molecular weight is 317 g/mol. The molecule has 0 aliphatic heterocycles. The van der Waals surface area contributed by atoms with E-state index in [9.17, 15) is 14.9 Å². The first-order valence-electron chi connectivity index (χ1n) is 6.55. The van der Waals surface area contributed by atoms with Crippen molar-refractivity contribution in [1.82, 2.24) is 9.88 Å². The van der Waals surface area contributed by atoms with E-state index in [2.05, 4.69) is 4.98 Å². The van der Waals surface area contributed by atoms with Crippen molar-refractivity contribution in [1.29, 1.82) is 0 Å². The number of amides is 1. The molecule has 0 radical (unpaired) electrons. The highest BCUT2D eigenvalue weighted by Gasteiger charge is 2.15. The number of carbonyl (C=O) groups excluding carboxylic acids is 1. The van der Waals surface area contributed by atoms with Gasteiger partial charge in [-0.1, -0.05) is 18.2 Å². The van der Waals surface area contributed by atoms with E-state index < -0.39 is 4.92 Å². The maximum absolute atomic E-state index is 12.1. The molecule has 1 heterocycles. The third-order valence-corrected chi connectivity index (χ3v) is 3.80. The molecule has 7 heteroatoms. The minimum Gasteiger partial charge on any atom is -0.338 e. The second-order valence-corrected chi connectivity index (χ2v) is 5.77. The Morgan fingerprint density at radius 2 is 2.18 bits per heavy atom. The molecule has 0 aliphatic rings. The Hall–Kier alpha value is -2.54. The number of likely N-dealkylation sites (N-methyl/N-ethyl adjacent to an activating group) is 1. The van der Waals surface area contributed by atoms with Gasteiger partial charge in [-0.2, -0.15) is 0 Å². The Kier molecular flexibility index (Phi) is 5.00. The number of hydrogen-bond acceptors (Lipinski definition) is 5. The van der Waals surface area contributed by atoms with Crippen LogP contribution in [-0.4, -0.2) is 27.8 Å².